The van der Waals surface area contributed by atoms with Gasteiger partial charge in [0.05, 0.1) is 22.1 Å². The van der Waals surface area contributed by atoms with Crippen LogP contribution >= 0.6 is 11.3 Å². The summed E-state index contributed by atoms with van der Waals surface area (Å²) in [5, 5.41) is 5.99. The summed E-state index contributed by atoms with van der Waals surface area (Å²) in [6.07, 6.45) is 2.19. The van der Waals surface area contributed by atoms with Crippen molar-refractivity contribution in [3.05, 3.63) is 41.0 Å². The zero-order valence-corrected chi connectivity index (χ0v) is 22.8. The van der Waals surface area contributed by atoms with Gasteiger partial charge in [-0.2, -0.15) is 0 Å². The highest BCUT2D eigenvalue weighted by Crippen LogP contribution is 2.29. The van der Waals surface area contributed by atoms with E-state index in [0.717, 1.165) is 28.1 Å². The van der Waals surface area contributed by atoms with Gasteiger partial charge in [0.1, 0.15) is 12.1 Å². The van der Waals surface area contributed by atoms with Gasteiger partial charge in [-0.25, -0.2) is 4.98 Å². The van der Waals surface area contributed by atoms with E-state index in [4.69, 9.17) is 5.73 Å². The van der Waals surface area contributed by atoms with Gasteiger partial charge in [0, 0.05) is 13.0 Å². The maximum absolute atomic E-state index is 13.6. The molecule has 36 heavy (non-hydrogen) atoms. The lowest BCUT2D eigenvalue weighted by Crippen LogP contribution is -2.57. The maximum atomic E-state index is 13.6. The number of nitrogens with one attached hydrogen (secondary N) is 2. The fraction of sp³-hybridized carbons (Fsp3) is 0.556. The highest BCUT2D eigenvalue weighted by molar-refractivity contribution is 7.13. The molecular weight excluding hydrogens is 474 g/mol. The maximum Gasteiger partial charge on any atom is 0.246 e. The van der Waals surface area contributed by atoms with Crippen LogP contribution in [0.1, 0.15) is 70.7 Å². The summed E-state index contributed by atoms with van der Waals surface area (Å²) >= 11 is 1.61. The number of aromatic nitrogens is 1. The van der Waals surface area contributed by atoms with Gasteiger partial charge in [0.2, 0.25) is 17.7 Å². The molecular formula is C27H39N5O3S. The quantitative estimate of drug-likeness (QED) is 0.474. The molecule has 3 rings (SSSR count). The van der Waals surface area contributed by atoms with E-state index < -0.39 is 17.5 Å². The fourth-order valence-electron chi connectivity index (χ4n) is 4.51. The number of aryl methyl sites for hydroxylation is 1. The average molecular weight is 514 g/mol. The lowest BCUT2D eigenvalue weighted by Gasteiger charge is -2.35. The molecule has 9 heteroatoms. The van der Waals surface area contributed by atoms with Crippen molar-refractivity contribution in [3.63, 3.8) is 0 Å². The number of amides is 3. The molecule has 1 aromatic heterocycles. The molecule has 0 spiro atoms. The summed E-state index contributed by atoms with van der Waals surface area (Å²) in [6, 6.07) is 6.66. The highest BCUT2D eigenvalue weighted by Gasteiger charge is 2.42. The number of likely N-dealkylation sites (tertiary alicyclic amines) is 1. The molecule has 2 aromatic rings. The first-order valence-electron chi connectivity index (χ1n) is 12.6. The molecule has 0 aliphatic carbocycles. The molecule has 0 saturated carbocycles. The van der Waals surface area contributed by atoms with Crippen LogP contribution in [0.15, 0.2) is 29.8 Å². The third kappa shape index (κ3) is 6.70. The van der Waals surface area contributed by atoms with Crippen molar-refractivity contribution in [2.75, 3.05) is 13.1 Å². The van der Waals surface area contributed by atoms with Crippen molar-refractivity contribution in [2.45, 2.75) is 78.4 Å². The normalized spacial score (nSPS) is 17.5. The minimum absolute atomic E-state index is 0.169. The SMILES string of the molecule is Cc1ncsc1-c1ccc([C@H](C)NC(=O)C2CCCN2C(=O)[C@@H](NC(=O)CCCN)C(C)(C)C)cc1. The second kappa shape index (κ2) is 12.0. The number of hydrogen-bond acceptors (Lipinski definition) is 6. The predicted octanol–water partition coefficient (Wildman–Crippen LogP) is 3.56. The highest BCUT2D eigenvalue weighted by atomic mass is 32.1. The third-order valence-corrected chi connectivity index (χ3v) is 7.62. The van der Waals surface area contributed by atoms with E-state index in [1.807, 2.05) is 64.4 Å². The molecule has 0 radical (unpaired) electrons. The molecule has 0 bridgehead atoms. The minimum Gasteiger partial charge on any atom is -0.348 e. The minimum atomic E-state index is -0.712. The predicted molar refractivity (Wildman–Crippen MR) is 143 cm³/mol. The fourth-order valence-corrected chi connectivity index (χ4v) is 5.32. The zero-order chi connectivity index (χ0) is 26.5. The second-order valence-electron chi connectivity index (χ2n) is 10.6. The summed E-state index contributed by atoms with van der Waals surface area (Å²) in [5.41, 5.74) is 9.96. The van der Waals surface area contributed by atoms with E-state index in [0.29, 0.717) is 25.9 Å². The molecule has 196 valence electrons. The van der Waals surface area contributed by atoms with Gasteiger partial charge < -0.3 is 21.3 Å². The van der Waals surface area contributed by atoms with Crippen LogP contribution in [0.2, 0.25) is 0 Å². The van der Waals surface area contributed by atoms with Crippen LogP contribution in [-0.2, 0) is 14.4 Å². The molecule has 4 N–H and O–H groups in total. The van der Waals surface area contributed by atoms with Crippen LogP contribution in [0.4, 0.5) is 0 Å². The molecule has 1 unspecified atom stereocenters. The van der Waals surface area contributed by atoms with Gasteiger partial charge in [-0.05, 0) is 56.2 Å². The molecule has 3 amide bonds. The number of thiazole rings is 1. The van der Waals surface area contributed by atoms with Crippen LogP contribution in [-0.4, -0.2) is 52.8 Å². The van der Waals surface area contributed by atoms with E-state index in [9.17, 15) is 14.4 Å². The number of benzene rings is 1. The van der Waals surface area contributed by atoms with E-state index >= 15 is 0 Å². The smallest absolute Gasteiger partial charge is 0.246 e. The summed E-state index contributed by atoms with van der Waals surface area (Å²) < 4.78 is 0. The van der Waals surface area contributed by atoms with Gasteiger partial charge in [-0.3, -0.25) is 14.4 Å². The van der Waals surface area contributed by atoms with Crippen LogP contribution in [0.5, 0.6) is 0 Å². The summed E-state index contributed by atoms with van der Waals surface area (Å²) in [7, 11) is 0. The Balaban J connectivity index is 1.67. The first kappa shape index (κ1) is 27.8. The Kier molecular flexibility index (Phi) is 9.24. The summed E-state index contributed by atoms with van der Waals surface area (Å²) in [5.74, 6) is -0.574. The van der Waals surface area contributed by atoms with Gasteiger partial charge >= 0.3 is 0 Å². The van der Waals surface area contributed by atoms with Gasteiger partial charge in [-0.1, -0.05) is 45.0 Å². The number of carbonyl (C=O) groups is 3. The number of nitrogens with two attached hydrogens (primary N) is 1. The van der Waals surface area contributed by atoms with Crippen LogP contribution < -0.4 is 16.4 Å². The lowest BCUT2D eigenvalue weighted by atomic mass is 9.85. The third-order valence-electron chi connectivity index (χ3n) is 6.64. The summed E-state index contributed by atoms with van der Waals surface area (Å²) in [6.45, 7) is 10.6. The van der Waals surface area contributed by atoms with Crippen molar-refractivity contribution in [1.29, 1.82) is 0 Å². The number of carbonyl (C=O) groups excluding carboxylic acids is 3. The number of nitrogens with zero attached hydrogens (tertiary/aromatic N) is 2. The van der Waals surface area contributed by atoms with Crippen LogP contribution in [0.3, 0.4) is 0 Å². The summed E-state index contributed by atoms with van der Waals surface area (Å²) in [4.78, 5) is 46.3. The molecule has 1 saturated heterocycles. The standard InChI is InChI=1S/C27H39N5O3S/c1-17(19-10-12-20(13-11-19)23-18(2)29-16-36-23)30-25(34)21-8-7-15-32(21)26(35)24(27(3,4)5)31-22(33)9-6-14-28/h10-13,16-17,21,24H,6-9,14-15,28H2,1-5H3,(H,30,34)(H,31,33)/t17-,21?,24+/m0/s1. The number of rotatable bonds is 9. The number of hydrogen-bond donors (Lipinski definition) is 3. The Morgan fingerprint density at radius 2 is 1.89 bits per heavy atom. The molecule has 1 fully saturated rings. The van der Waals surface area contributed by atoms with Crippen molar-refractivity contribution < 1.29 is 14.4 Å². The van der Waals surface area contributed by atoms with Gasteiger partial charge in [0.15, 0.2) is 0 Å². The monoisotopic (exact) mass is 513 g/mol. The Morgan fingerprint density at radius 3 is 2.47 bits per heavy atom. The lowest BCUT2D eigenvalue weighted by molar-refractivity contribution is -0.144. The Bertz CT molecular complexity index is 1060. The molecule has 1 aliphatic heterocycles. The first-order chi connectivity index (χ1) is 17.0. The molecule has 1 aromatic carbocycles. The van der Waals surface area contributed by atoms with Crippen molar-refractivity contribution >= 4 is 29.1 Å². The molecule has 3 atom stereocenters. The molecule has 1 aliphatic rings. The molecule has 8 nitrogen and oxygen atoms in total. The van der Waals surface area contributed by atoms with Gasteiger partial charge in [0.25, 0.3) is 0 Å². The largest absolute Gasteiger partial charge is 0.348 e. The topological polar surface area (TPSA) is 117 Å². The second-order valence-corrected chi connectivity index (χ2v) is 11.4. The molecule has 2 heterocycles. The van der Waals surface area contributed by atoms with Crippen LogP contribution in [0, 0.1) is 12.3 Å². The first-order valence-corrected chi connectivity index (χ1v) is 13.5. The van der Waals surface area contributed by atoms with E-state index in [-0.39, 0.29) is 30.2 Å². The van der Waals surface area contributed by atoms with E-state index in [1.54, 1.807) is 16.2 Å². The van der Waals surface area contributed by atoms with Gasteiger partial charge in [-0.15, -0.1) is 11.3 Å². The van der Waals surface area contributed by atoms with Crippen LogP contribution in [0.25, 0.3) is 10.4 Å². The van der Waals surface area contributed by atoms with E-state index in [2.05, 4.69) is 15.6 Å². The van der Waals surface area contributed by atoms with E-state index in [1.165, 1.54) is 0 Å². The Morgan fingerprint density at radius 1 is 1.19 bits per heavy atom. The van der Waals surface area contributed by atoms with Crippen molar-refractivity contribution in [3.8, 4) is 10.4 Å². The van der Waals surface area contributed by atoms with Crippen molar-refractivity contribution in [1.82, 2.24) is 20.5 Å². The zero-order valence-electron chi connectivity index (χ0n) is 22.0. The average Bonchev–Trinajstić information content (AvgIpc) is 3.49. The Hall–Kier alpha value is -2.78. The Labute approximate surface area is 218 Å². The van der Waals surface area contributed by atoms with Crippen molar-refractivity contribution in [2.24, 2.45) is 11.1 Å².